The summed E-state index contributed by atoms with van der Waals surface area (Å²) in [6, 6.07) is 23.7. The fourth-order valence-electron chi connectivity index (χ4n) is 4.04. The zero-order chi connectivity index (χ0) is 22.0. The van der Waals surface area contributed by atoms with Gasteiger partial charge >= 0.3 is 12.1 Å². The van der Waals surface area contributed by atoms with E-state index in [1.165, 1.54) is 6.92 Å². The van der Waals surface area contributed by atoms with E-state index < -0.39 is 17.6 Å². The van der Waals surface area contributed by atoms with Crippen molar-refractivity contribution in [1.82, 2.24) is 5.32 Å². The molecule has 5 nitrogen and oxygen atoms in total. The monoisotopic (exact) mass is 527 g/mol. The van der Waals surface area contributed by atoms with Crippen LogP contribution in [0.5, 0.6) is 0 Å². The first kappa shape index (κ1) is 21.4. The Labute approximate surface area is 194 Å². The van der Waals surface area contributed by atoms with Crippen LogP contribution in [-0.2, 0) is 16.0 Å². The molecule has 6 heteroatoms. The van der Waals surface area contributed by atoms with Gasteiger partial charge in [-0.1, -0.05) is 60.7 Å². The van der Waals surface area contributed by atoms with Crippen LogP contribution in [0.15, 0.2) is 72.8 Å². The van der Waals surface area contributed by atoms with Crippen LogP contribution in [0.25, 0.3) is 11.1 Å². The van der Waals surface area contributed by atoms with E-state index in [0.29, 0.717) is 0 Å². The third-order valence-corrected chi connectivity index (χ3v) is 6.38. The molecule has 0 heterocycles. The zero-order valence-corrected chi connectivity index (χ0v) is 19.1. The van der Waals surface area contributed by atoms with E-state index in [0.717, 1.165) is 31.4 Å². The SMILES string of the molecule is C[C@@](Cc1ccc(I)cc1)(NC(=O)OCC1c2ccccc2-c2ccccc21)C(=O)O. The van der Waals surface area contributed by atoms with Gasteiger partial charge in [0.15, 0.2) is 0 Å². The number of fused-ring (bicyclic) bond motifs is 3. The molecule has 1 atom stereocenters. The number of carboxylic acid groups (broad SMARTS) is 1. The van der Waals surface area contributed by atoms with Crippen molar-refractivity contribution in [2.24, 2.45) is 0 Å². The summed E-state index contributed by atoms with van der Waals surface area (Å²) in [5, 5.41) is 12.3. The fourth-order valence-corrected chi connectivity index (χ4v) is 4.40. The van der Waals surface area contributed by atoms with E-state index >= 15 is 0 Å². The summed E-state index contributed by atoms with van der Waals surface area (Å²) in [4.78, 5) is 24.5. The summed E-state index contributed by atoms with van der Waals surface area (Å²) in [5.41, 5.74) is 3.84. The summed E-state index contributed by atoms with van der Waals surface area (Å²) in [6.07, 6.45) is -0.582. The molecular formula is C25H22INO4. The second-order valence-electron chi connectivity index (χ2n) is 7.89. The Morgan fingerprint density at radius 1 is 0.968 bits per heavy atom. The largest absolute Gasteiger partial charge is 0.480 e. The summed E-state index contributed by atoms with van der Waals surface area (Å²) in [7, 11) is 0. The highest BCUT2D eigenvalue weighted by molar-refractivity contribution is 14.1. The van der Waals surface area contributed by atoms with Crippen molar-refractivity contribution < 1.29 is 19.4 Å². The van der Waals surface area contributed by atoms with E-state index in [1.54, 1.807) is 0 Å². The standard InChI is InChI=1S/C25H22INO4/c1-25(23(28)29,14-16-10-12-17(26)13-11-16)27-24(30)31-15-22-20-8-4-2-6-18(20)19-7-3-5-9-21(19)22/h2-13,22H,14-15H2,1H3,(H,27,30)(H,28,29)/t25-/m0/s1. The number of rotatable bonds is 6. The topological polar surface area (TPSA) is 75.6 Å². The van der Waals surface area contributed by atoms with Gasteiger partial charge in [-0.2, -0.15) is 0 Å². The second kappa shape index (κ2) is 8.70. The van der Waals surface area contributed by atoms with Gasteiger partial charge in [-0.25, -0.2) is 9.59 Å². The highest BCUT2D eigenvalue weighted by Gasteiger charge is 2.36. The van der Waals surface area contributed by atoms with E-state index in [-0.39, 0.29) is 18.9 Å². The van der Waals surface area contributed by atoms with Gasteiger partial charge in [0.25, 0.3) is 0 Å². The maximum absolute atomic E-state index is 12.6. The van der Waals surface area contributed by atoms with Crippen LogP contribution >= 0.6 is 22.6 Å². The van der Waals surface area contributed by atoms with Gasteiger partial charge in [-0.3, -0.25) is 0 Å². The summed E-state index contributed by atoms with van der Waals surface area (Å²) in [5.74, 6) is -1.19. The molecule has 0 saturated heterocycles. The van der Waals surface area contributed by atoms with Gasteiger partial charge in [0.05, 0.1) is 0 Å². The number of carbonyl (C=O) groups excluding carboxylic acids is 1. The van der Waals surface area contributed by atoms with E-state index in [9.17, 15) is 14.7 Å². The Balaban J connectivity index is 1.47. The van der Waals surface area contributed by atoms with Crippen molar-refractivity contribution in [1.29, 1.82) is 0 Å². The molecule has 0 fully saturated rings. The summed E-state index contributed by atoms with van der Waals surface area (Å²) in [6.45, 7) is 1.63. The Hall–Kier alpha value is -2.87. The van der Waals surface area contributed by atoms with E-state index in [1.807, 2.05) is 60.7 Å². The lowest BCUT2D eigenvalue weighted by atomic mass is 9.93. The summed E-state index contributed by atoms with van der Waals surface area (Å²) >= 11 is 2.19. The first-order valence-electron chi connectivity index (χ1n) is 9.98. The number of aliphatic carboxylic acids is 1. The smallest absolute Gasteiger partial charge is 0.408 e. The van der Waals surface area contributed by atoms with Gasteiger partial charge in [0.2, 0.25) is 0 Å². The van der Waals surface area contributed by atoms with Crippen LogP contribution in [0.1, 0.15) is 29.5 Å². The molecule has 1 amide bonds. The lowest BCUT2D eigenvalue weighted by Gasteiger charge is -2.26. The van der Waals surface area contributed by atoms with Gasteiger partial charge in [-0.15, -0.1) is 0 Å². The van der Waals surface area contributed by atoms with E-state index in [4.69, 9.17) is 4.74 Å². The van der Waals surface area contributed by atoms with Crippen molar-refractivity contribution in [3.05, 3.63) is 93.1 Å². The molecule has 1 aliphatic rings. The normalized spacial score (nSPS) is 14.3. The Morgan fingerprint density at radius 2 is 1.52 bits per heavy atom. The zero-order valence-electron chi connectivity index (χ0n) is 17.0. The van der Waals surface area contributed by atoms with E-state index in [2.05, 4.69) is 40.0 Å². The molecule has 3 aromatic rings. The lowest BCUT2D eigenvalue weighted by molar-refractivity contribution is -0.143. The first-order valence-corrected chi connectivity index (χ1v) is 11.1. The van der Waals surface area contributed by atoms with Gasteiger partial charge in [-0.05, 0) is 69.5 Å². The highest BCUT2D eigenvalue weighted by atomic mass is 127. The molecule has 2 N–H and O–H groups in total. The molecular weight excluding hydrogens is 505 g/mol. The highest BCUT2D eigenvalue weighted by Crippen LogP contribution is 2.44. The van der Waals surface area contributed by atoms with Gasteiger partial charge < -0.3 is 15.2 Å². The van der Waals surface area contributed by atoms with Crippen LogP contribution < -0.4 is 5.32 Å². The molecule has 3 aromatic carbocycles. The number of amides is 1. The van der Waals surface area contributed by atoms with Crippen LogP contribution in [0.3, 0.4) is 0 Å². The molecule has 0 aromatic heterocycles. The maximum Gasteiger partial charge on any atom is 0.408 e. The predicted octanol–water partition coefficient (Wildman–Crippen LogP) is 5.22. The molecule has 0 bridgehead atoms. The number of hydrogen-bond acceptors (Lipinski definition) is 3. The van der Waals surface area contributed by atoms with Crippen molar-refractivity contribution in [2.45, 2.75) is 24.8 Å². The van der Waals surface area contributed by atoms with Crippen LogP contribution in [-0.4, -0.2) is 29.3 Å². The van der Waals surface area contributed by atoms with Crippen molar-refractivity contribution >= 4 is 34.7 Å². The second-order valence-corrected chi connectivity index (χ2v) is 9.14. The molecule has 0 radical (unpaired) electrons. The third-order valence-electron chi connectivity index (χ3n) is 5.66. The number of alkyl carbamates (subject to hydrolysis) is 1. The number of benzene rings is 3. The van der Waals surface area contributed by atoms with Crippen LogP contribution in [0, 0.1) is 3.57 Å². The first-order chi connectivity index (χ1) is 14.9. The van der Waals surface area contributed by atoms with Crippen molar-refractivity contribution in [3.63, 3.8) is 0 Å². The molecule has 0 saturated carbocycles. The average molecular weight is 527 g/mol. The van der Waals surface area contributed by atoms with Crippen molar-refractivity contribution in [3.8, 4) is 11.1 Å². The van der Waals surface area contributed by atoms with Crippen LogP contribution in [0.4, 0.5) is 4.79 Å². The fraction of sp³-hybridized carbons (Fsp3) is 0.200. The van der Waals surface area contributed by atoms with Gasteiger partial charge in [0, 0.05) is 15.9 Å². The molecule has 1 aliphatic carbocycles. The molecule has 0 spiro atoms. The van der Waals surface area contributed by atoms with Crippen molar-refractivity contribution in [2.75, 3.05) is 6.61 Å². The Kier molecular flexibility index (Phi) is 6.00. The van der Waals surface area contributed by atoms with Gasteiger partial charge in [0.1, 0.15) is 12.1 Å². The summed E-state index contributed by atoms with van der Waals surface area (Å²) < 4.78 is 6.59. The number of carbonyl (C=O) groups is 2. The minimum atomic E-state index is -1.48. The maximum atomic E-state index is 12.6. The molecule has 0 aliphatic heterocycles. The quantitative estimate of drug-likeness (QED) is 0.432. The molecule has 158 valence electrons. The predicted molar refractivity (Wildman–Crippen MR) is 127 cm³/mol. The number of hydrogen-bond donors (Lipinski definition) is 2. The number of halogens is 1. The molecule has 0 unspecified atom stereocenters. The molecule has 31 heavy (non-hydrogen) atoms. The number of carboxylic acids is 1. The van der Waals surface area contributed by atoms with Crippen LogP contribution in [0.2, 0.25) is 0 Å². The number of nitrogens with one attached hydrogen (secondary N) is 1. The third kappa shape index (κ3) is 4.44. The Bertz CT molecular complexity index is 1080. The number of ether oxygens (including phenoxy) is 1. The lowest BCUT2D eigenvalue weighted by Crippen LogP contribution is -2.54. The molecule has 4 rings (SSSR count). The average Bonchev–Trinajstić information content (AvgIpc) is 3.08. The minimum Gasteiger partial charge on any atom is -0.480 e. The minimum absolute atomic E-state index is 0.0783. The Morgan fingerprint density at radius 3 is 2.06 bits per heavy atom.